The Balaban J connectivity index is 0.840. The molecule has 2 fully saturated rings. The van der Waals surface area contributed by atoms with Crippen molar-refractivity contribution in [3.63, 3.8) is 0 Å². The van der Waals surface area contributed by atoms with Crippen molar-refractivity contribution in [2.24, 2.45) is 16.2 Å². The van der Waals surface area contributed by atoms with Gasteiger partial charge in [-0.15, -0.1) is 0 Å². The van der Waals surface area contributed by atoms with Crippen molar-refractivity contribution in [2.75, 3.05) is 66.0 Å². The van der Waals surface area contributed by atoms with Crippen LogP contribution in [0.15, 0.2) is 78.9 Å². The zero-order valence-corrected chi connectivity index (χ0v) is 44.5. The average Bonchev–Trinajstić information content (AvgIpc) is 3.65. The van der Waals surface area contributed by atoms with E-state index >= 15 is 8.78 Å². The maximum atomic E-state index is 15.9. The Morgan fingerprint density at radius 2 is 1.36 bits per heavy atom. The first-order valence-corrected chi connectivity index (χ1v) is 25.3. The SMILES string of the molecule is CC(C)(C)C[C@@H]1NC(C(=O)NCCOCCOCCOCCOCCOc2ccc(C(=O)NC3C(C)(C)C(Oc4ccc(C#N)c(Cl)c4)C3(C)C)cc2)[C@H](c2cccc(Cl)c2F)[C@@]1(C#N)c1ccc(Cl)cc1F. The van der Waals surface area contributed by atoms with Crippen molar-refractivity contribution in [2.45, 2.75) is 90.4 Å². The fourth-order valence-electron chi connectivity index (χ4n) is 10.4. The molecule has 392 valence electrons. The van der Waals surface area contributed by atoms with Crippen LogP contribution in [0.2, 0.25) is 15.1 Å². The van der Waals surface area contributed by atoms with Gasteiger partial charge in [0.05, 0.1) is 80.6 Å². The van der Waals surface area contributed by atoms with Gasteiger partial charge in [0.15, 0.2) is 0 Å². The van der Waals surface area contributed by atoms with E-state index in [4.69, 9.17) is 63.2 Å². The molecule has 4 aromatic carbocycles. The topological polar surface area (TPSA) is 173 Å². The summed E-state index contributed by atoms with van der Waals surface area (Å²) in [5.74, 6) is -2.23. The summed E-state index contributed by atoms with van der Waals surface area (Å²) >= 11 is 18.6. The number of amides is 2. The first kappa shape index (κ1) is 57.2. The Bertz CT molecular complexity index is 2620. The first-order chi connectivity index (χ1) is 34.6. The second-order valence-corrected chi connectivity index (χ2v) is 21.9. The molecule has 0 radical (unpaired) electrons. The van der Waals surface area contributed by atoms with Crippen LogP contribution in [0.25, 0.3) is 0 Å². The highest BCUT2D eigenvalue weighted by Gasteiger charge is 2.64. The van der Waals surface area contributed by atoms with Crippen LogP contribution in [0, 0.1) is 50.5 Å². The van der Waals surface area contributed by atoms with Crippen LogP contribution < -0.4 is 25.4 Å². The van der Waals surface area contributed by atoms with Crippen LogP contribution in [0.4, 0.5) is 8.78 Å². The lowest BCUT2D eigenvalue weighted by atomic mass is 9.49. The lowest BCUT2D eigenvalue weighted by molar-refractivity contribution is -0.164. The van der Waals surface area contributed by atoms with Crippen molar-refractivity contribution < 1.29 is 46.8 Å². The van der Waals surface area contributed by atoms with Gasteiger partial charge in [-0.2, -0.15) is 10.5 Å². The lowest BCUT2D eigenvalue weighted by Crippen LogP contribution is -2.74. The molecule has 13 nitrogen and oxygen atoms in total. The molecule has 18 heteroatoms. The monoisotopic (exact) mass is 1070 g/mol. The van der Waals surface area contributed by atoms with Gasteiger partial charge in [-0.25, -0.2) is 8.78 Å². The van der Waals surface area contributed by atoms with Gasteiger partial charge in [0.1, 0.15) is 47.3 Å². The van der Waals surface area contributed by atoms with Gasteiger partial charge in [-0.1, -0.05) is 101 Å². The molecule has 1 aliphatic carbocycles. The molecule has 2 aliphatic rings. The summed E-state index contributed by atoms with van der Waals surface area (Å²) in [5.41, 5.74) is -1.98. The van der Waals surface area contributed by atoms with E-state index in [1.807, 2.05) is 20.8 Å². The predicted molar refractivity (Wildman–Crippen MR) is 275 cm³/mol. The number of carbonyl (C=O) groups excluding carboxylic acids is 2. The number of nitriles is 2. The summed E-state index contributed by atoms with van der Waals surface area (Å²) in [5, 5.41) is 29.8. The summed E-state index contributed by atoms with van der Waals surface area (Å²) in [6.07, 6.45) is 0.137. The number of carbonyl (C=O) groups is 2. The lowest BCUT2D eigenvalue weighted by Gasteiger charge is -2.63. The highest BCUT2D eigenvalue weighted by Crippen LogP contribution is 2.56. The van der Waals surface area contributed by atoms with Gasteiger partial charge in [-0.05, 0) is 72.0 Å². The van der Waals surface area contributed by atoms with Gasteiger partial charge < -0.3 is 44.4 Å². The summed E-state index contributed by atoms with van der Waals surface area (Å²) in [6, 6.07) is 22.7. The molecule has 6 rings (SSSR count). The van der Waals surface area contributed by atoms with Crippen LogP contribution in [0.5, 0.6) is 11.5 Å². The van der Waals surface area contributed by atoms with E-state index in [1.54, 1.807) is 48.5 Å². The second-order valence-electron chi connectivity index (χ2n) is 20.6. The van der Waals surface area contributed by atoms with E-state index in [0.29, 0.717) is 73.7 Å². The molecular formula is C55H64Cl3F2N5O8. The largest absolute Gasteiger partial charge is 0.491 e. The predicted octanol–water partition coefficient (Wildman–Crippen LogP) is 9.99. The van der Waals surface area contributed by atoms with Crippen molar-refractivity contribution in [3.05, 3.63) is 128 Å². The molecule has 2 amide bonds. The van der Waals surface area contributed by atoms with Crippen LogP contribution in [-0.2, 0) is 29.2 Å². The van der Waals surface area contributed by atoms with Crippen LogP contribution in [-0.4, -0.2) is 102 Å². The maximum absolute atomic E-state index is 15.9. The van der Waals surface area contributed by atoms with Gasteiger partial charge in [0, 0.05) is 57.6 Å². The third kappa shape index (κ3) is 13.6. The molecule has 0 spiro atoms. The molecule has 1 unspecified atom stereocenters. The highest BCUT2D eigenvalue weighted by atomic mass is 35.5. The van der Waals surface area contributed by atoms with Crippen molar-refractivity contribution in [3.8, 4) is 23.6 Å². The van der Waals surface area contributed by atoms with Gasteiger partial charge >= 0.3 is 0 Å². The van der Waals surface area contributed by atoms with Crippen LogP contribution in [0.3, 0.4) is 0 Å². The Morgan fingerprint density at radius 3 is 1.93 bits per heavy atom. The fraction of sp³-hybridized carbons (Fsp3) is 0.491. The molecule has 73 heavy (non-hydrogen) atoms. The minimum Gasteiger partial charge on any atom is -0.491 e. The molecule has 1 saturated carbocycles. The van der Waals surface area contributed by atoms with Gasteiger partial charge in [0.2, 0.25) is 5.91 Å². The van der Waals surface area contributed by atoms with Gasteiger partial charge in [0.25, 0.3) is 5.91 Å². The number of rotatable bonds is 24. The van der Waals surface area contributed by atoms with Crippen LogP contribution in [0.1, 0.15) is 87.9 Å². The average molecular weight is 1070 g/mol. The molecule has 1 heterocycles. The number of nitrogens with zero attached hydrogens (tertiary/aromatic N) is 2. The number of hydrogen-bond donors (Lipinski definition) is 3. The minimum absolute atomic E-state index is 0.00462. The number of benzene rings is 4. The van der Waals surface area contributed by atoms with Crippen molar-refractivity contribution in [1.29, 1.82) is 10.5 Å². The molecule has 3 N–H and O–H groups in total. The van der Waals surface area contributed by atoms with E-state index in [2.05, 4.69) is 55.8 Å². The molecule has 4 atom stereocenters. The highest BCUT2D eigenvalue weighted by molar-refractivity contribution is 6.32. The Morgan fingerprint density at radius 1 is 0.753 bits per heavy atom. The standard InChI is InChI=1S/C55H64Cl3F2N5O8/c1-52(2,3)31-44-55(33-62,40-18-14-36(56)29-43(40)59)45(39-9-8-10-41(57)46(39)60)47(64-44)49(67)63-19-20-68-21-22-69-23-24-70-25-26-71-27-28-72-37-15-11-34(12-16-37)48(66)65-50-53(4,5)51(54(50,6)7)73-38-17-13-35(32-61)42(58)30-38/h8-18,29-30,44-45,47,50-51,64H,19-28,31H2,1-7H3,(H,63,67)(H,65,66)/t44-,45-,47?,50?,51?,55-/m0/s1. The fourth-order valence-corrected chi connectivity index (χ4v) is 11.0. The van der Waals surface area contributed by atoms with E-state index < -0.39 is 51.8 Å². The molecule has 4 aromatic rings. The van der Waals surface area contributed by atoms with Crippen LogP contribution >= 0.6 is 34.8 Å². The normalized spacial score (nSPS) is 21.9. The Hall–Kier alpha value is -5.07. The third-order valence-corrected chi connectivity index (χ3v) is 14.3. The van der Waals surface area contributed by atoms with Crippen molar-refractivity contribution >= 4 is 46.6 Å². The molecular weight excluding hydrogens is 1000 g/mol. The zero-order valence-electron chi connectivity index (χ0n) is 42.2. The smallest absolute Gasteiger partial charge is 0.251 e. The van der Waals surface area contributed by atoms with Crippen molar-refractivity contribution in [1.82, 2.24) is 16.0 Å². The first-order valence-electron chi connectivity index (χ1n) is 24.2. The summed E-state index contributed by atoms with van der Waals surface area (Å²) in [6.45, 7) is 16.9. The quantitative estimate of drug-likeness (QED) is 0.0570. The van der Waals surface area contributed by atoms with Gasteiger partial charge in [-0.3, -0.25) is 9.59 Å². The molecule has 0 aromatic heterocycles. The van der Waals surface area contributed by atoms with E-state index in [1.165, 1.54) is 24.3 Å². The summed E-state index contributed by atoms with van der Waals surface area (Å²) < 4.78 is 66.4. The molecule has 0 bridgehead atoms. The zero-order chi connectivity index (χ0) is 53.1. The number of halogens is 5. The summed E-state index contributed by atoms with van der Waals surface area (Å²) in [4.78, 5) is 27.3. The molecule has 1 saturated heterocycles. The number of nitrogens with one attached hydrogen (secondary N) is 3. The Labute approximate surface area is 442 Å². The Kier molecular flexibility index (Phi) is 19.6. The number of ether oxygens (including phenoxy) is 6. The van der Waals surface area contributed by atoms with E-state index in [0.717, 1.165) is 6.07 Å². The third-order valence-electron chi connectivity index (χ3n) is 13.4. The second kappa shape index (κ2) is 25.0. The number of hydrogen-bond acceptors (Lipinski definition) is 11. The van der Waals surface area contributed by atoms with E-state index in [9.17, 15) is 20.1 Å². The minimum atomic E-state index is -1.72. The molecule has 1 aliphatic heterocycles. The maximum Gasteiger partial charge on any atom is 0.251 e. The summed E-state index contributed by atoms with van der Waals surface area (Å²) in [7, 11) is 0. The van der Waals surface area contributed by atoms with E-state index in [-0.39, 0.29) is 71.0 Å².